The molecule has 3 aromatic heterocycles. The summed E-state index contributed by atoms with van der Waals surface area (Å²) in [5.74, 6) is -0.882. The number of allylic oxidation sites excluding steroid dienone is 3. The number of rotatable bonds is 21. The van der Waals surface area contributed by atoms with Crippen molar-refractivity contribution in [1.29, 1.82) is 0 Å². The van der Waals surface area contributed by atoms with Crippen LogP contribution in [0.5, 0.6) is 0 Å². The molecule has 66 heavy (non-hydrogen) atoms. The number of carbonyl (C=O) groups is 4. The van der Waals surface area contributed by atoms with E-state index in [1.165, 1.54) is 57.6 Å². The van der Waals surface area contributed by atoms with Crippen LogP contribution in [0.25, 0.3) is 29.1 Å². The van der Waals surface area contributed by atoms with Gasteiger partial charge in [-0.2, -0.15) is 11.4 Å². The summed E-state index contributed by atoms with van der Waals surface area (Å²) < 4.78 is 11.0. The minimum atomic E-state index is -1.25. The van der Waals surface area contributed by atoms with E-state index in [-0.39, 0.29) is 53.9 Å². The van der Waals surface area contributed by atoms with Gasteiger partial charge in [0.15, 0.2) is 5.78 Å². The molecule has 1 saturated heterocycles. The Morgan fingerprint density at radius 3 is 2.08 bits per heavy atom. The minimum Gasteiger partial charge on any atom is -0.664 e. The molecule has 0 unspecified atom stereocenters. The van der Waals surface area contributed by atoms with Gasteiger partial charge < -0.3 is 29.7 Å². The SMILES string of the molecule is CCc1c2[n-]c(c1C)/C=C1\[N-]/C(=C3\c4[n-]c(c(C)c4C(=O)[C@@H]3C(=O)OC)/C=c3\[n-]/c(c(C=O)c3CC)=C\2)[C@@H](CCC(=O)OC/C=C(/C)CCC[C@@H](C)CCC[C@H](C)CCCC(C)C)[C@@H]1C.[Mg+2]. The van der Waals surface area contributed by atoms with Crippen LogP contribution in [0.3, 0.4) is 0 Å². The van der Waals surface area contributed by atoms with Crippen LogP contribution in [-0.4, -0.2) is 60.8 Å². The molecule has 11 heteroatoms. The summed E-state index contributed by atoms with van der Waals surface area (Å²) in [6.07, 6.45) is 21.6. The first-order valence-electron chi connectivity index (χ1n) is 24.4. The van der Waals surface area contributed by atoms with Gasteiger partial charge in [-0.25, -0.2) is 0 Å². The number of carbonyl (C=O) groups excluding carboxylic acids is 4. The second-order valence-corrected chi connectivity index (χ2v) is 19.5. The molecule has 0 radical (unpaired) electrons. The Balaban J connectivity index is 0.00000817. The number of esters is 2. The summed E-state index contributed by atoms with van der Waals surface area (Å²) >= 11 is 0. The molecule has 352 valence electrons. The fourth-order valence-corrected chi connectivity index (χ4v) is 10.3. The number of methoxy groups -OCH3 is 1. The molecule has 0 amide bonds. The monoisotopic (exact) mass is 909 g/mol. The summed E-state index contributed by atoms with van der Waals surface area (Å²) in [5, 5.41) is 6.35. The molecule has 2 aliphatic heterocycles. The zero-order valence-electron chi connectivity index (χ0n) is 41.7. The summed E-state index contributed by atoms with van der Waals surface area (Å²) in [5.41, 5.74) is 9.60. The van der Waals surface area contributed by atoms with Crippen LogP contribution in [-0.2, 0) is 31.9 Å². The Bertz CT molecular complexity index is 2480. The van der Waals surface area contributed by atoms with Crippen LogP contribution in [0.15, 0.2) is 23.0 Å². The van der Waals surface area contributed by atoms with Gasteiger partial charge >= 0.3 is 35.0 Å². The average molecular weight is 910 g/mol. The van der Waals surface area contributed by atoms with Gasteiger partial charge in [0.2, 0.25) is 0 Å². The van der Waals surface area contributed by atoms with E-state index in [4.69, 9.17) is 29.7 Å². The van der Waals surface area contributed by atoms with Crippen molar-refractivity contribution in [2.24, 2.45) is 35.5 Å². The molecule has 3 aromatic rings. The van der Waals surface area contributed by atoms with Gasteiger partial charge in [-0.3, -0.25) is 19.2 Å². The number of fused-ring (bicyclic) bond motifs is 7. The number of ketones is 1. The predicted octanol–water partition coefficient (Wildman–Crippen LogP) is 9.79. The zero-order chi connectivity index (χ0) is 47.1. The first-order chi connectivity index (χ1) is 31.1. The number of ether oxygens (including phenoxy) is 2. The fraction of sp³-hybridized carbons (Fsp3) is 0.564. The van der Waals surface area contributed by atoms with Gasteiger partial charge in [-0.1, -0.05) is 145 Å². The molecule has 6 rings (SSSR count). The molecule has 5 heterocycles. The summed E-state index contributed by atoms with van der Waals surface area (Å²) in [4.78, 5) is 69.0. The van der Waals surface area contributed by atoms with Crippen molar-refractivity contribution in [3.63, 3.8) is 0 Å². The summed E-state index contributed by atoms with van der Waals surface area (Å²) in [6.45, 7) is 21.7. The maximum atomic E-state index is 14.4. The quantitative estimate of drug-likeness (QED) is 0.0336. The summed E-state index contributed by atoms with van der Waals surface area (Å²) in [7, 11) is 1.28. The minimum absolute atomic E-state index is 0. The Hall–Kier alpha value is -4.35. The molecule has 0 saturated carbocycles. The van der Waals surface area contributed by atoms with Crippen LogP contribution in [0, 0.1) is 49.4 Å². The number of aldehydes is 1. The van der Waals surface area contributed by atoms with Gasteiger partial charge in [0.1, 0.15) is 18.8 Å². The van der Waals surface area contributed by atoms with Crippen molar-refractivity contribution >= 4 is 70.9 Å². The smallest absolute Gasteiger partial charge is 0.664 e. The molecule has 0 spiro atoms. The third-order valence-corrected chi connectivity index (χ3v) is 14.3. The van der Waals surface area contributed by atoms with E-state index in [2.05, 4.69) is 48.5 Å². The Labute approximate surface area is 409 Å². The van der Waals surface area contributed by atoms with Crippen LogP contribution < -0.4 is 25.7 Å². The third kappa shape index (κ3) is 11.7. The van der Waals surface area contributed by atoms with Crippen LogP contribution in [0.4, 0.5) is 0 Å². The van der Waals surface area contributed by atoms with Gasteiger partial charge in [0, 0.05) is 17.5 Å². The van der Waals surface area contributed by atoms with Crippen molar-refractivity contribution < 1.29 is 28.7 Å². The van der Waals surface area contributed by atoms with Crippen molar-refractivity contribution in [2.75, 3.05) is 13.7 Å². The molecule has 1 fully saturated rings. The van der Waals surface area contributed by atoms with Gasteiger partial charge in [-0.15, -0.1) is 33.5 Å². The van der Waals surface area contributed by atoms with E-state index in [9.17, 15) is 19.2 Å². The molecular formula is C55H72MgN4O6-2. The third-order valence-electron chi connectivity index (χ3n) is 14.3. The van der Waals surface area contributed by atoms with Gasteiger partial charge in [-0.05, 0) is 88.5 Å². The van der Waals surface area contributed by atoms with Crippen molar-refractivity contribution in [3.8, 4) is 0 Å². The fourth-order valence-electron chi connectivity index (χ4n) is 10.3. The Kier molecular flexibility index (Phi) is 18.8. The van der Waals surface area contributed by atoms with E-state index in [0.717, 1.165) is 64.7 Å². The second-order valence-electron chi connectivity index (χ2n) is 19.5. The number of nitrogens with zero attached hydrogens (tertiary/aromatic N) is 4. The average Bonchev–Trinajstić information content (AvgIpc) is 4.02. The summed E-state index contributed by atoms with van der Waals surface area (Å²) in [6, 6.07) is 0. The topological polar surface area (TPSA) is 143 Å². The Morgan fingerprint density at radius 1 is 0.803 bits per heavy atom. The van der Waals surface area contributed by atoms with E-state index in [1.807, 2.05) is 45.1 Å². The first-order valence-corrected chi connectivity index (χ1v) is 24.4. The molecule has 0 aromatic carbocycles. The number of aromatic nitrogens is 3. The zero-order valence-corrected chi connectivity index (χ0v) is 43.1. The standard InChI is InChI=1S/C55H73N4O6.Mg/c1-12-38-35(8)42-27-43-36(9)40(23-24-48(61)65-26-25-34(7)22-16-21-33(6)20-15-19-32(5)18-14-17-31(3)4)52(58-43)50-51(55(63)64-11)54(62)49-37(10)44(59-53(49)50)28-46-39(13-2)41(30-60)47(57-46)29-45(38)56-42;/h25,27-33,36,40,51H,12-24,26H2,1-11H3,(H-,58,59,60,62);/q-3;+2/p-1/b34-25-,43-27-,47-29-;/t32-,33+,36+,40+,51-;/m1./s1. The van der Waals surface area contributed by atoms with Gasteiger partial charge in [0.25, 0.3) is 0 Å². The van der Waals surface area contributed by atoms with E-state index in [0.29, 0.717) is 75.2 Å². The molecular weight excluding hydrogens is 837 g/mol. The van der Waals surface area contributed by atoms with E-state index < -0.39 is 17.7 Å². The maximum absolute atomic E-state index is 14.4. The molecule has 8 bridgehead atoms. The molecule has 10 nitrogen and oxygen atoms in total. The van der Waals surface area contributed by atoms with Crippen molar-refractivity contribution in [3.05, 3.63) is 95.2 Å². The predicted molar refractivity (Wildman–Crippen MR) is 264 cm³/mol. The van der Waals surface area contributed by atoms with Crippen LogP contribution in [0.1, 0.15) is 192 Å². The maximum Gasteiger partial charge on any atom is 2.00 e. The second kappa shape index (κ2) is 23.6. The van der Waals surface area contributed by atoms with Crippen LogP contribution in [0.2, 0.25) is 0 Å². The van der Waals surface area contributed by atoms with Crippen molar-refractivity contribution in [1.82, 2.24) is 15.0 Å². The van der Waals surface area contributed by atoms with Gasteiger partial charge in [0.05, 0.1) is 7.11 Å². The van der Waals surface area contributed by atoms with Crippen LogP contribution >= 0.6 is 0 Å². The number of Topliss-reactive ketones (excluding diaryl/α,β-unsaturated/α-hetero) is 1. The van der Waals surface area contributed by atoms with Crippen molar-refractivity contribution in [2.45, 2.75) is 153 Å². The largest absolute Gasteiger partial charge is 2.00 e. The molecule has 5 atom stereocenters. The molecule has 0 N–H and O–H groups in total. The van der Waals surface area contributed by atoms with E-state index in [1.54, 1.807) is 0 Å². The number of hydrogen-bond donors (Lipinski definition) is 0. The van der Waals surface area contributed by atoms with E-state index >= 15 is 0 Å². The molecule has 3 aliphatic rings. The number of hydrogen-bond acceptors (Lipinski definition) is 6. The first kappa shape index (κ1) is 52.6. The Morgan fingerprint density at radius 2 is 1.44 bits per heavy atom. The normalized spacial score (nSPS) is 21.5. The molecule has 1 aliphatic carbocycles.